The number of allylic oxidation sites excluding steroid dienone is 2. The third-order valence-electron chi connectivity index (χ3n) is 13.4. The van der Waals surface area contributed by atoms with Gasteiger partial charge >= 0.3 is 12.1 Å². The Hall–Kier alpha value is -4.01. The standard InChI is InChI=1S/C43H54F3N3O8S/c1-25(2)27(4)56-35(51)20-28-11-9-7-6-8-10-12-29-21-42(29,39(53)48-58(54,55)40(5)17-18-40)23-34(50)33-22-41(24-49(33)38(28)52)16-15-30-31-19-26(3)13-14-32(31)47-37(36(30)57-41)43(44,45)46/h10,12-14,19,25,27-29,33H,6-9,11,15-18,20-24H2,1-5H3,(H,48,53)/b12-10-/t27-,28-,29-,33+,41-,42-/m1/s1. The first-order valence-corrected chi connectivity index (χ1v) is 22.1. The molecule has 0 radical (unpaired) electrons. The Balaban J connectivity index is 1.26. The smallest absolute Gasteiger partial charge is 0.437 e. The quantitative estimate of drug-likeness (QED) is 0.224. The minimum Gasteiger partial charge on any atom is -0.483 e. The molecule has 4 heterocycles. The lowest BCUT2D eigenvalue weighted by molar-refractivity contribution is -0.155. The SMILES string of the molecule is Cc1ccc2nc(C(F)(F)F)c3c(c2c1)CC[C@]1(C[C@H]2C(=O)C[C@]4(C(=O)NS(=O)(=O)C5(C)CC5)C[C@H]4/C=C\CCCCC[C@H](CC(=O)O[C@H](C)C(C)C)C(=O)N2C1)O3. The normalized spacial score (nSPS) is 29.7. The number of benzene rings is 1. The number of hydrogen-bond acceptors (Lipinski definition) is 9. The van der Waals surface area contributed by atoms with Crippen molar-refractivity contribution in [1.82, 2.24) is 14.6 Å². The molecule has 7 rings (SSSR count). The molecule has 6 atom stereocenters. The number of rotatable bonds is 7. The first-order chi connectivity index (χ1) is 27.2. The van der Waals surface area contributed by atoms with Gasteiger partial charge in [-0.05, 0) is 96.1 Å². The van der Waals surface area contributed by atoms with E-state index in [0.717, 1.165) is 18.4 Å². The maximum Gasteiger partial charge on any atom is 0.437 e. The van der Waals surface area contributed by atoms with Crippen LogP contribution in [0.15, 0.2) is 30.4 Å². The van der Waals surface area contributed by atoms with E-state index in [4.69, 9.17) is 9.47 Å². The van der Waals surface area contributed by atoms with E-state index in [1.807, 2.05) is 32.9 Å². The van der Waals surface area contributed by atoms with Gasteiger partial charge in [-0.2, -0.15) is 13.2 Å². The highest BCUT2D eigenvalue weighted by Gasteiger charge is 2.63. The number of nitrogens with zero attached hydrogens (tertiary/aromatic N) is 2. The molecule has 2 saturated carbocycles. The van der Waals surface area contributed by atoms with Crippen molar-refractivity contribution in [1.29, 1.82) is 0 Å². The summed E-state index contributed by atoms with van der Waals surface area (Å²) in [7, 11) is -4.04. The molecule has 3 fully saturated rings. The molecular formula is C43H54F3N3O8S. The fourth-order valence-corrected chi connectivity index (χ4v) is 10.2. The number of halogens is 3. The molecule has 15 heteroatoms. The largest absolute Gasteiger partial charge is 0.483 e. The summed E-state index contributed by atoms with van der Waals surface area (Å²) in [5.41, 5.74) is -2.64. The number of carbonyl (C=O) groups excluding carboxylic acids is 4. The van der Waals surface area contributed by atoms with Crippen molar-refractivity contribution in [3.63, 3.8) is 0 Å². The number of sulfonamides is 1. The van der Waals surface area contributed by atoms with Gasteiger partial charge < -0.3 is 14.4 Å². The van der Waals surface area contributed by atoms with Crippen LogP contribution in [0.4, 0.5) is 13.2 Å². The number of ketones is 1. The highest BCUT2D eigenvalue weighted by molar-refractivity contribution is 7.91. The number of esters is 1. The first-order valence-electron chi connectivity index (χ1n) is 20.6. The van der Waals surface area contributed by atoms with Gasteiger partial charge in [-0.3, -0.25) is 23.9 Å². The van der Waals surface area contributed by atoms with Crippen LogP contribution in [0.5, 0.6) is 5.75 Å². The Morgan fingerprint density at radius 1 is 1.09 bits per heavy atom. The Bertz CT molecular complexity index is 2150. The molecule has 1 saturated heterocycles. The van der Waals surface area contributed by atoms with Crippen LogP contribution in [0.25, 0.3) is 10.9 Å². The fraction of sp³-hybridized carbons (Fsp3) is 0.651. The fourth-order valence-electron chi connectivity index (χ4n) is 8.90. The molecule has 1 aromatic carbocycles. The van der Waals surface area contributed by atoms with Gasteiger partial charge in [0.1, 0.15) is 11.7 Å². The zero-order valence-corrected chi connectivity index (χ0v) is 34.7. The Morgan fingerprint density at radius 2 is 1.83 bits per heavy atom. The third-order valence-corrected chi connectivity index (χ3v) is 15.5. The van der Waals surface area contributed by atoms with E-state index >= 15 is 0 Å². The summed E-state index contributed by atoms with van der Waals surface area (Å²) < 4.78 is 84.0. The number of Topliss-reactive ketones (excluding diaryl/α,β-unsaturated/α-hetero) is 1. The molecule has 3 aliphatic heterocycles. The summed E-state index contributed by atoms with van der Waals surface area (Å²) in [5.74, 6) is -4.08. The van der Waals surface area contributed by atoms with Crippen LogP contribution in [0.2, 0.25) is 0 Å². The minimum atomic E-state index is -4.87. The Morgan fingerprint density at radius 3 is 2.52 bits per heavy atom. The van der Waals surface area contributed by atoms with Gasteiger partial charge in [-0.1, -0.05) is 50.5 Å². The number of pyridine rings is 1. The lowest BCUT2D eigenvalue weighted by atomic mass is 9.85. The average Bonchev–Trinajstić information content (AvgIpc) is 4.04. The summed E-state index contributed by atoms with van der Waals surface area (Å²) in [6.07, 6.45) is 2.17. The van der Waals surface area contributed by atoms with E-state index in [1.165, 1.54) is 4.90 Å². The van der Waals surface area contributed by atoms with Crippen molar-refractivity contribution in [2.45, 2.75) is 147 Å². The van der Waals surface area contributed by atoms with E-state index in [9.17, 15) is 40.8 Å². The van der Waals surface area contributed by atoms with Crippen LogP contribution >= 0.6 is 0 Å². The molecule has 5 aliphatic rings. The highest BCUT2D eigenvalue weighted by Crippen LogP contribution is 2.58. The van der Waals surface area contributed by atoms with Crippen molar-refractivity contribution in [3.8, 4) is 5.75 Å². The van der Waals surface area contributed by atoms with Crippen LogP contribution < -0.4 is 9.46 Å². The number of hydrogen-bond donors (Lipinski definition) is 1. The van der Waals surface area contributed by atoms with Gasteiger partial charge in [0, 0.05) is 29.7 Å². The predicted octanol–water partition coefficient (Wildman–Crippen LogP) is 7.31. The molecule has 2 amide bonds. The number of fused-ring (bicyclic) bond motifs is 5. The molecule has 1 aromatic heterocycles. The second-order valence-corrected chi connectivity index (χ2v) is 20.4. The Kier molecular flexibility index (Phi) is 11.1. The molecule has 58 heavy (non-hydrogen) atoms. The van der Waals surface area contributed by atoms with Crippen LogP contribution in [0.3, 0.4) is 0 Å². The summed E-state index contributed by atoms with van der Waals surface area (Å²) >= 11 is 0. The topological polar surface area (TPSA) is 149 Å². The maximum atomic E-state index is 14.8. The van der Waals surface area contributed by atoms with E-state index in [-0.39, 0.29) is 56.5 Å². The zero-order valence-electron chi connectivity index (χ0n) is 33.9. The number of amides is 2. The number of carbonyl (C=O) groups is 4. The Labute approximate surface area is 337 Å². The van der Waals surface area contributed by atoms with E-state index in [0.29, 0.717) is 43.1 Å². The van der Waals surface area contributed by atoms with Gasteiger partial charge in [0.05, 0.1) is 34.7 Å². The third kappa shape index (κ3) is 8.12. The molecule has 1 spiro atoms. The lowest BCUT2D eigenvalue weighted by Gasteiger charge is -2.37. The second kappa shape index (κ2) is 15.2. The summed E-state index contributed by atoms with van der Waals surface area (Å²) in [6.45, 7) is 8.76. The number of nitrogens with one attached hydrogen (secondary N) is 1. The first kappa shape index (κ1) is 42.1. The molecule has 2 aromatic rings. The molecule has 2 aliphatic carbocycles. The van der Waals surface area contributed by atoms with Crippen molar-refractivity contribution in [2.24, 2.45) is 23.2 Å². The van der Waals surface area contributed by atoms with Gasteiger partial charge in [-0.25, -0.2) is 13.4 Å². The van der Waals surface area contributed by atoms with Gasteiger partial charge in [0.2, 0.25) is 21.8 Å². The average molecular weight is 830 g/mol. The van der Waals surface area contributed by atoms with Crippen LogP contribution in [-0.4, -0.2) is 70.9 Å². The predicted molar refractivity (Wildman–Crippen MR) is 209 cm³/mol. The number of aryl methyl sites for hydroxylation is 2. The lowest BCUT2D eigenvalue weighted by Crippen LogP contribution is -2.48. The number of aromatic nitrogens is 1. The zero-order chi connectivity index (χ0) is 42.0. The van der Waals surface area contributed by atoms with E-state index in [2.05, 4.69) is 9.71 Å². The second-order valence-electron chi connectivity index (χ2n) is 18.2. The van der Waals surface area contributed by atoms with Crippen molar-refractivity contribution >= 4 is 44.5 Å². The van der Waals surface area contributed by atoms with Gasteiger partial charge in [-0.15, -0.1) is 0 Å². The minimum absolute atomic E-state index is 0.0300. The molecule has 0 bridgehead atoms. The highest BCUT2D eigenvalue weighted by atomic mass is 32.2. The molecule has 0 unspecified atom stereocenters. The van der Waals surface area contributed by atoms with Crippen LogP contribution in [-0.2, 0) is 46.5 Å². The van der Waals surface area contributed by atoms with Crippen molar-refractivity contribution in [3.05, 3.63) is 47.2 Å². The summed E-state index contributed by atoms with van der Waals surface area (Å²) in [6, 6.07) is 3.79. The molecular weight excluding hydrogens is 776 g/mol. The van der Waals surface area contributed by atoms with Crippen molar-refractivity contribution in [2.75, 3.05) is 6.54 Å². The van der Waals surface area contributed by atoms with Crippen LogP contribution in [0.1, 0.15) is 122 Å². The summed E-state index contributed by atoms with van der Waals surface area (Å²) in [4.78, 5) is 62.3. The van der Waals surface area contributed by atoms with E-state index in [1.54, 1.807) is 32.0 Å². The van der Waals surface area contributed by atoms with Crippen molar-refractivity contribution < 1.29 is 50.2 Å². The monoisotopic (exact) mass is 829 g/mol. The molecule has 1 N–H and O–H groups in total. The maximum absolute atomic E-state index is 14.8. The van der Waals surface area contributed by atoms with Gasteiger partial charge in [0.15, 0.2) is 17.2 Å². The van der Waals surface area contributed by atoms with E-state index < -0.39 is 91.0 Å². The molecule has 11 nitrogen and oxygen atoms in total. The number of ether oxygens (including phenoxy) is 2. The van der Waals surface area contributed by atoms with Gasteiger partial charge in [0.25, 0.3) is 0 Å². The number of alkyl halides is 3. The summed E-state index contributed by atoms with van der Waals surface area (Å²) in [5, 5.41) is 0.530. The molecule has 316 valence electrons. The van der Waals surface area contributed by atoms with Crippen LogP contribution in [0, 0.1) is 30.1 Å².